The van der Waals surface area contributed by atoms with Gasteiger partial charge >= 0.3 is 0 Å². The molecule has 0 radical (unpaired) electrons. The van der Waals surface area contributed by atoms with Crippen molar-refractivity contribution in [3.8, 4) is 5.75 Å². The summed E-state index contributed by atoms with van der Waals surface area (Å²) in [6, 6.07) is 13.2. The minimum Gasteiger partial charge on any atom is -0.490 e. The Hall–Kier alpha value is -1.69. The molecule has 1 fully saturated rings. The smallest absolute Gasteiger partial charge is 0.255 e. The first-order chi connectivity index (χ1) is 13.2. The van der Waals surface area contributed by atoms with Gasteiger partial charge in [-0.1, -0.05) is 23.7 Å². The van der Waals surface area contributed by atoms with E-state index in [1.165, 1.54) is 4.90 Å². The van der Waals surface area contributed by atoms with E-state index in [0.717, 1.165) is 37.2 Å². The number of ether oxygens (including phenoxy) is 2. The summed E-state index contributed by atoms with van der Waals surface area (Å²) in [5.41, 5.74) is 1.64. The summed E-state index contributed by atoms with van der Waals surface area (Å²) in [7, 11) is 0. The van der Waals surface area contributed by atoms with E-state index in [4.69, 9.17) is 21.1 Å². The molecule has 4 nitrogen and oxygen atoms in total. The highest BCUT2D eigenvalue weighted by atomic mass is 35.5. The molecule has 0 bridgehead atoms. The van der Waals surface area contributed by atoms with Crippen LogP contribution in [-0.2, 0) is 4.74 Å². The molecule has 2 aliphatic heterocycles. The molecule has 2 heterocycles. The van der Waals surface area contributed by atoms with Crippen molar-refractivity contribution in [3.63, 3.8) is 0 Å². The van der Waals surface area contributed by atoms with Gasteiger partial charge < -0.3 is 14.8 Å². The normalized spacial score (nSPS) is 21.5. The van der Waals surface area contributed by atoms with Crippen LogP contribution in [0.1, 0.15) is 41.2 Å². The zero-order chi connectivity index (χ0) is 18.6. The van der Waals surface area contributed by atoms with E-state index in [2.05, 4.69) is 5.32 Å². The van der Waals surface area contributed by atoms with E-state index in [0.29, 0.717) is 22.9 Å². The molecule has 27 heavy (non-hydrogen) atoms. The molecule has 1 N–H and O–H groups in total. The summed E-state index contributed by atoms with van der Waals surface area (Å²) in [4.78, 5) is 14.1. The summed E-state index contributed by atoms with van der Waals surface area (Å²) in [5.74, 6) is 1.44. The first-order valence-electron chi connectivity index (χ1n) is 9.27. The van der Waals surface area contributed by atoms with Gasteiger partial charge in [0.1, 0.15) is 12.4 Å². The lowest BCUT2D eigenvalue weighted by Crippen LogP contribution is -2.31. The first kappa shape index (κ1) is 18.7. The van der Waals surface area contributed by atoms with Gasteiger partial charge in [0.15, 0.2) is 0 Å². The molecular weight excluding hydrogens is 382 g/mol. The highest BCUT2D eigenvalue weighted by Gasteiger charge is 2.24. The molecule has 0 spiro atoms. The Morgan fingerprint density at radius 1 is 1.26 bits per heavy atom. The number of rotatable bonds is 5. The molecule has 0 unspecified atom stereocenters. The van der Waals surface area contributed by atoms with Crippen molar-refractivity contribution in [2.75, 3.05) is 19.0 Å². The van der Waals surface area contributed by atoms with Gasteiger partial charge in [0.2, 0.25) is 0 Å². The number of hydrogen-bond acceptors (Lipinski definition) is 4. The van der Waals surface area contributed by atoms with Crippen molar-refractivity contribution in [1.29, 1.82) is 0 Å². The molecule has 0 aliphatic carbocycles. The van der Waals surface area contributed by atoms with Crippen LogP contribution in [0.4, 0.5) is 0 Å². The fourth-order valence-corrected chi connectivity index (χ4v) is 4.78. The van der Waals surface area contributed by atoms with Crippen LogP contribution in [0.5, 0.6) is 5.75 Å². The number of thioether (sulfide) groups is 1. The van der Waals surface area contributed by atoms with Crippen molar-refractivity contribution >= 4 is 29.3 Å². The van der Waals surface area contributed by atoms with Crippen LogP contribution < -0.4 is 10.1 Å². The Morgan fingerprint density at radius 2 is 2.15 bits per heavy atom. The van der Waals surface area contributed by atoms with Gasteiger partial charge in [-0.25, -0.2) is 0 Å². The van der Waals surface area contributed by atoms with Crippen LogP contribution in [0.3, 0.4) is 0 Å². The average Bonchev–Trinajstić information content (AvgIpc) is 3.21. The molecule has 2 aromatic carbocycles. The van der Waals surface area contributed by atoms with Crippen LogP contribution >= 0.6 is 23.4 Å². The number of benzene rings is 2. The number of hydrogen-bond donors (Lipinski definition) is 1. The van der Waals surface area contributed by atoms with E-state index < -0.39 is 0 Å². The van der Waals surface area contributed by atoms with Gasteiger partial charge in [-0.2, -0.15) is 0 Å². The van der Waals surface area contributed by atoms with Gasteiger partial charge in [0.05, 0.1) is 17.7 Å². The topological polar surface area (TPSA) is 47.6 Å². The third kappa shape index (κ3) is 4.42. The molecule has 6 heteroatoms. The quantitative estimate of drug-likeness (QED) is 0.774. The number of carbonyl (C=O) groups excluding carboxylic acids is 1. The summed E-state index contributed by atoms with van der Waals surface area (Å²) >= 11 is 7.97. The summed E-state index contributed by atoms with van der Waals surface area (Å²) in [5, 5.41) is 3.86. The molecule has 2 aliphatic rings. The van der Waals surface area contributed by atoms with Crippen molar-refractivity contribution < 1.29 is 14.3 Å². The van der Waals surface area contributed by atoms with Crippen LogP contribution in [0.25, 0.3) is 0 Å². The van der Waals surface area contributed by atoms with Crippen molar-refractivity contribution in [1.82, 2.24) is 5.32 Å². The van der Waals surface area contributed by atoms with E-state index in [9.17, 15) is 4.79 Å². The second-order valence-electron chi connectivity index (χ2n) is 6.79. The van der Waals surface area contributed by atoms with Crippen molar-refractivity contribution in [2.45, 2.75) is 36.3 Å². The van der Waals surface area contributed by atoms with E-state index in [-0.39, 0.29) is 18.1 Å². The Labute approximate surface area is 168 Å². The van der Waals surface area contributed by atoms with Gasteiger partial charge in [-0.3, -0.25) is 4.79 Å². The second kappa shape index (κ2) is 8.55. The minimum atomic E-state index is -0.124. The summed E-state index contributed by atoms with van der Waals surface area (Å²) in [6.07, 6.45) is 3.07. The van der Waals surface area contributed by atoms with Crippen LogP contribution in [0.15, 0.2) is 47.4 Å². The number of nitrogens with one attached hydrogen (secondary N) is 1. The number of amides is 1. The van der Waals surface area contributed by atoms with Crippen LogP contribution in [-0.4, -0.2) is 31.0 Å². The monoisotopic (exact) mass is 403 g/mol. The summed E-state index contributed by atoms with van der Waals surface area (Å²) < 4.78 is 11.5. The summed E-state index contributed by atoms with van der Waals surface area (Å²) in [6.45, 7) is 1.26. The predicted octanol–water partition coefficient (Wildman–Crippen LogP) is 4.86. The van der Waals surface area contributed by atoms with E-state index in [1.54, 1.807) is 17.8 Å². The van der Waals surface area contributed by atoms with Gasteiger partial charge in [0.25, 0.3) is 5.91 Å². The largest absolute Gasteiger partial charge is 0.490 e. The number of para-hydroxylation sites is 1. The number of fused-ring (bicyclic) bond motifs is 1. The Balaban J connectivity index is 1.48. The Morgan fingerprint density at radius 3 is 3.00 bits per heavy atom. The van der Waals surface area contributed by atoms with E-state index >= 15 is 0 Å². The molecule has 2 aromatic rings. The number of carbonyl (C=O) groups is 1. The minimum absolute atomic E-state index is 0.0429. The molecule has 1 amide bonds. The van der Waals surface area contributed by atoms with Crippen LogP contribution in [0.2, 0.25) is 5.02 Å². The zero-order valence-electron chi connectivity index (χ0n) is 14.9. The highest BCUT2D eigenvalue weighted by molar-refractivity contribution is 7.99. The second-order valence-corrected chi connectivity index (χ2v) is 8.36. The van der Waals surface area contributed by atoms with Gasteiger partial charge in [-0.15, -0.1) is 11.8 Å². The van der Waals surface area contributed by atoms with Crippen molar-refractivity contribution in [2.24, 2.45) is 0 Å². The van der Waals surface area contributed by atoms with Gasteiger partial charge in [-0.05, 0) is 55.2 Å². The molecule has 142 valence electrons. The Kier molecular flexibility index (Phi) is 5.91. The molecule has 2 atom stereocenters. The molecule has 0 aromatic heterocycles. The maximum absolute atomic E-state index is 13.0. The predicted molar refractivity (Wildman–Crippen MR) is 108 cm³/mol. The molecule has 4 rings (SSSR count). The molecule has 0 saturated carbocycles. The van der Waals surface area contributed by atoms with Crippen molar-refractivity contribution in [3.05, 3.63) is 58.6 Å². The molecular formula is C21H22ClNO3S. The van der Waals surface area contributed by atoms with Crippen LogP contribution in [0, 0.1) is 0 Å². The standard InChI is InChI=1S/C21H22ClNO3S/c22-14-7-8-20-17(12-14)18(9-11-27-20)23-21(24)16-5-1-2-6-19(16)26-13-15-4-3-10-25-15/h1-2,5-8,12,15,18H,3-4,9-11,13H2,(H,23,24)/t15-,18+/m1/s1. The zero-order valence-corrected chi connectivity index (χ0v) is 16.5. The average molecular weight is 404 g/mol. The fraction of sp³-hybridized carbons (Fsp3) is 0.381. The van der Waals surface area contributed by atoms with E-state index in [1.807, 2.05) is 36.4 Å². The third-order valence-electron chi connectivity index (χ3n) is 4.90. The SMILES string of the molecule is O=C(N[C@H]1CCSc2ccc(Cl)cc21)c1ccccc1OC[C@H]1CCCO1. The highest BCUT2D eigenvalue weighted by Crippen LogP contribution is 2.37. The lowest BCUT2D eigenvalue weighted by atomic mass is 10.0. The van der Waals surface area contributed by atoms with Gasteiger partial charge in [0, 0.05) is 22.3 Å². The lowest BCUT2D eigenvalue weighted by molar-refractivity contribution is 0.0670. The maximum Gasteiger partial charge on any atom is 0.255 e. The Bertz CT molecular complexity index is 823. The molecule has 1 saturated heterocycles. The first-order valence-corrected chi connectivity index (χ1v) is 10.6. The fourth-order valence-electron chi connectivity index (χ4n) is 3.49. The lowest BCUT2D eigenvalue weighted by Gasteiger charge is -2.26. The number of halogens is 1. The third-order valence-corrected chi connectivity index (χ3v) is 6.25. The maximum atomic E-state index is 13.0.